The molecule has 2 N–H and O–H groups in total. The molecule has 0 bridgehead atoms. The van der Waals surface area contributed by atoms with Crippen LogP contribution in [0.2, 0.25) is 0 Å². The van der Waals surface area contributed by atoms with Crippen LogP contribution in [-0.2, 0) is 10.0 Å². The molecular formula is C17H28N2O3S. The van der Waals surface area contributed by atoms with Gasteiger partial charge in [0.25, 0.3) is 0 Å². The molecule has 6 heteroatoms. The predicted octanol–water partition coefficient (Wildman–Crippen LogP) is 2.28. The Morgan fingerprint density at radius 3 is 2.65 bits per heavy atom. The van der Waals surface area contributed by atoms with Crippen LogP contribution < -0.4 is 9.62 Å². The molecule has 1 heterocycles. The first-order valence-electron chi connectivity index (χ1n) is 8.31. The van der Waals surface area contributed by atoms with E-state index in [2.05, 4.69) is 19.2 Å². The number of sulfonamides is 1. The Morgan fingerprint density at radius 1 is 1.30 bits per heavy atom. The lowest BCUT2D eigenvalue weighted by atomic mass is 10.0. The average Bonchev–Trinajstić information content (AvgIpc) is 2.83. The van der Waals surface area contributed by atoms with Crippen molar-refractivity contribution in [2.45, 2.75) is 45.8 Å². The first kappa shape index (κ1) is 18.2. The van der Waals surface area contributed by atoms with Crippen molar-refractivity contribution in [2.24, 2.45) is 5.92 Å². The Kier molecular flexibility index (Phi) is 6.06. The second-order valence-electron chi connectivity index (χ2n) is 6.66. The molecule has 1 aliphatic heterocycles. The Hall–Kier alpha value is -1.11. The smallest absolute Gasteiger partial charge is 0.235 e. The molecule has 23 heavy (non-hydrogen) atoms. The minimum absolute atomic E-state index is 0.136. The van der Waals surface area contributed by atoms with Crippen LogP contribution in [0.15, 0.2) is 24.3 Å². The van der Waals surface area contributed by atoms with E-state index in [-0.39, 0.29) is 17.9 Å². The molecule has 5 nitrogen and oxygen atoms in total. The average molecular weight is 340 g/mol. The second-order valence-corrected chi connectivity index (χ2v) is 8.67. The third kappa shape index (κ3) is 4.93. The third-order valence-corrected chi connectivity index (χ3v) is 6.14. The fraction of sp³-hybridized carbons (Fsp3) is 0.647. The first-order valence-corrected chi connectivity index (χ1v) is 9.92. The number of aliphatic hydroxyl groups is 1. The van der Waals surface area contributed by atoms with Gasteiger partial charge in [0.1, 0.15) is 0 Å². The molecule has 1 aromatic rings. The van der Waals surface area contributed by atoms with E-state index in [9.17, 15) is 13.5 Å². The number of nitrogens with one attached hydrogen (secondary N) is 1. The highest BCUT2D eigenvalue weighted by Gasteiger charge is 2.28. The van der Waals surface area contributed by atoms with Gasteiger partial charge >= 0.3 is 0 Å². The van der Waals surface area contributed by atoms with Crippen LogP contribution >= 0.6 is 0 Å². The topological polar surface area (TPSA) is 69.6 Å². The summed E-state index contributed by atoms with van der Waals surface area (Å²) in [6.07, 6.45) is 1.18. The van der Waals surface area contributed by atoms with Gasteiger partial charge in [-0.05, 0) is 56.8 Å². The van der Waals surface area contributed by atoms with E-state index in [1.807, 2.05) is 24.3 Å². The van der Waals surface area contributed by atoms with Gasteiger partial charge in [-0.15, -0.1) is 0 Å². The van der Waals surface area contributed by atoms with Crippen LogP contribution in [0.1, 0.15) is 45.2 Å². The molecule has 0 radical (unpaired) electrons. The lowest BCUT2D eigenvalue weighted by Gasteiger charge is -2.21. The molecule has 1 saturated heterocycles. The number of benzene rings is 1. The van der Waals surface area contributed by atoms with Crippen LogP contribution in [0.3, 0.4) is 0 Å². The van der Waals surface area contributed by atoms with Crippen molar-refractivity contribution in [1.29, 1.82) is 0 Å². The molecule has 0 spiro atoms. The lowest BCUT2D eigenvalue weighted by Crippen LogP contribution is -2.27. The van der Waals surface area contributed by atoms with E-state index < -0.39 is 10.0 Å². The zero-order valence-corrected chi connectivity index (χ0v) is 15.0. The van der Waals surface area contributed by atoms with Gasteiger partial charge in [-0.3, -0.25) is 4.31 Å². The second kappa shape index (κ2) is 7.64. The fourth-order valence-electron chi connectivity index (χ4n) is 3.04. The van der Waals surface area contributed by atoms with Crippen LogP contribution in [0.4, 0.5) is 5.69 Å². The molecule has 3 atom stereocenters. The zero-order valence-electron chi connectivity index (χ0n) is 14.2. The van der Waals surface area contributed by atoms with Gasteiger partial charge in [-0.2, -0.15) is 0 Å². The first-order chi connectivity index (χ1) is 10.8. The van der Waals surface area contributed by atoms with Crippen molar-refractivity contribution >= 4 is 15.7 Å². The summed E-state index contributed by atoms with van der Waals surface area (Å²) in [5.74, 6) is 0.626. The number of hydrogen-bond acceptors (Lipinski definition) is 4. The van der Waals surface area contributed by atoms with E-state index in [1.165, 1.54) is 4.31 Å². The minimum Gasteiger partial charge on any atom is -0.393 e. The summed E-state index contributed by atoms with van der Waals surface area (Å²) in [6, 6.07) is 7.88. The third-order valence-electron chi connectivity index (χ3n) is 4.27. The normalized spacial score (nSPS) is 21.1. The SMILES string of the molecule is CC(O)CC(C)CNC(C)c1cccc(N2CCCS2(=O)=O)c1. The summed E-state index contributed by atoms with van der Waals surface area (Å²) in [5, 5.41) is 12.9. The number of anilines is 1. The molecule has 0 aliphatic carbocycles. The number of aliphatic hydroxyl groups excluding tert-OH is 1. The van der Waals surface area contributed by atoms with Crippen LogP contribution in [0.5, 0.6) is 0 Å². The maximum Gasteiger partial charge on any atom is 0.235 e. The Bertz CT molecular complexity index is 616. The summed E-state index contributed by atoms with van der Waals surface area (Å²) >= 11 is 0. The van der Waals surface area contributed by atoms with Crippen LogP contribution in [0, 0.1) is 5.92 Å². The van der Waals surface area contributed by atoms with Crippen LogP contribution in [0.25, 0.3) is 0 Å². The van der Waals surface area contributed by atoms with Gasteiger partial charge in [0, 0.05) is 12.6 Å². The quantitative estimate of drug-likeness (QED) is 0.799. The summed E-state index contributed by atoms with van der Waals surface area (Å²) in [5.41, 5.74) is 1.83. The molecule has 1 aliphatic rings. The zero-order chi connectivity index (χ0) is 17.0. The molecule has 1 aromatic carbocycles. The number of nitrogens with zero attached hydrogens (tertiary/aromatic N) is 1. The van der Waals surface area contributed by atoms with Gasteiger partial charge in [-0.1, -0.05) is 19.1 Å². The van der Waals surface area contributed by atoms with Crippen molar-refractivity contribution in [2.75, 3.05) is 23.1 Å². The summed E-state index contributed by atoms with van der Waals surface area (Å²) < 4.78 is 25.6. The van der Waals surface area contributed by atoms with Gasteiger partial charge in [-0.25, -0.2) is 8.42 Å². The van der Waals surface area contributed by atoms with Crippen molar-refractivity contribution in [1.82, 2.24) is 5.32 Å². The van der Waals surface area contributed by atoms with Crippen molar-refractivity contribution in [3.05, 3.63) is 29.8 Å². The minimum atomic E-state index is -3.14. The monoisotopic (exact) mass is 340 g/mol. The van der Waals surface area contributed by atoms with Crippen molar-refractivity contribution in [3.8, 4) is 0 Å². The van der Waals surface area contributed by atoms with E-state index in [0.717, 1.165) is 24.2 Å². The van der Waals surface area contributed by atoms with Gasteiger partial charge in [0.2, 0.25) is 10.0 Å². The molecule has 3 unspecified atom stereocenters. The summed E-state index contributed by atoms with van der Waals surface area (Å²) in [4.78, 5) is 0. The molecule has 130 valence electrons. The fourth-order valence-corrected chi connectivity index (χ4v) is 4.60. The molecule has 1 fully saturated rings. The molecule has 2 rings (SSSR count). The van der Waals surface area contributed by atoms with E-state index in [4.69, 9.17) is 0 Å². The predicted molar refractivity (Wildman–Crippen MR) is 94.1 cm³/mol. The Morgan fingerprint density at radius 2 is 2.04 bits per heavy atom. The highest BCUT2D eigenvalue weighted by atomic mass is 32.2. The van der Waals surface area contributed by atoms with E-state index in [1.54, 1.807) is 6.92 Å². The summed E-state index contributed by atoms with van der Waals surface area (Å²) in [7, 11) is -3.14. The number of rotatable bonds is 7. The van der Waals surface area contributed by atoms with Crippen molar-refractivity contribution in [3.63, 3.8) is 0 Å². The Labute approximate surface area is 139 Å². The van der Waals surface area contributed by atoms with Gasteiger partial charge < -0.3 is 10.4 Å². The van der Waals surface area contributed by atoms with E-state index >= 15 is 0 Å². The van der Waals surface area contributed by atoms with Crippen molar-refractivity contribution < 1.29 is 13.5 Å². The molecular weight excluding hydrogens is 312 g/mol. The maximum absolute atomic E-state index is 12.0. The Balaban J connectivity index is 2.02. The highest BCUT2D eigenvalue weighted by molar-refractivity contribution is 7.93. The molecule has 0 amide bonds. The number of hydrogen-bond donors (Lipinski definition) is 2. The molecule has 0 saturated carbocycles. The highest BCUT2D eigenvalue weighted by Crippen LogP contribution is 2.26. The van der Waals surface area contributed by atoms with Gasteiger partial charge in [0.05, 0.1) is 17.5 Å². The van der Waals surface area contributed by atoms with Crippen LogP contribution in [-0.4, -0.2) is 38.5 Å². The maximum atomic E-state index is 12.0. The largest absolute Gasteiger partial charge is 0.393 e. The standard InChI is InChI=1S/C17H28N2O3S/c1-13(10-14(2)20)12-18-15(3)16-6-4-7-17(11-16)19-8-5-9-23(19,21)22/h4,6-7,11,13-15,18,20H,5,8-10,12H2,1-3H3. The summed E-state index contributed by atoms with van der Waals surface area (Å²) in [6.45, 7) is 7.38. The van der Waals surface area contributed by atoms with E-state index in [0.29, 0.717) is 18.9 Å². The molecule has 0 aromatic heterocycles. The lowest BCUT2D eigenvalue weighted by molar-refractivity contribution is 0.162. The van der Waals surface area contributed by atoms with Gasteiger partial charge in [0.15, 0.2) is 0 Å².